The lowest BCUT2D eigenvalue weighted by molar-refractivity contribution is -0.870. The first kappa shape index (κ1) is 56.2. The summed E-state index contributed by atoms with van der Waals surface area (Å²) >= 11 is 0. The van der Waals surface area contributed by atoms with E-state index >= 15 is 0 Å². The van der Waals surface area contributed by atoms with Gasteiger partial charge < -0.3 is 18.9 Å². The first-order valence-corrected chi connectivity index (χ1v) is 24.1. The maximum absolute atomic E-state index is 12.7. The van der Waals surface area contributed by atoms with E-state index in [1.807, 2.05) is 21.1 Å². The number of phosphoric ester groups is 1. The molecule has 59 heavy (non-hydrogen) atoms. The molecule has 0 saturated heterocycles. The maximum atomic E-state index is 12.7. The number of hydrogen-bond acceptors (Lipinski definition) is 6. The second-order valence-corrected chi connectivity index (χ2v) is 17.1. The largest absolute Gasteiger partial charge is 0.472 e. The number of carbonyl (C=O) groups excluding carboxylic acids is 1. The molecule has 0 radical (unpaired) electrons. The fraction of sp³-hybridized carbons (Fsp3) is 0.620. The molecule has 0 aromatic heterocycles. The lowest BCUT2D eigenvalue weighted by Gasteiger charge is -2.24. The molecule has 0 aliphatic carbocycles. The van der Waals surface area contributed by atoms with Crippen molar-refractivity contribution in [3.63, 3.8) is 0 Å². The highest BCUT2D eigenvalue weighted by atomic mass is 31.2. The van der Waals surface area contributed by atoms with Gasteiger partial charge in [-0.05, 0) is 89.9 Å². The second kappa shape index (κ2) is 41.9. The minimum atomic E-state index is -4.30. The number of quaternary nitrogens is 1. The summed E-state index contributed by atoms with van der Waals surface area (Å²) in [4.78, 5) is 22.9. The SMILES string of the molecule is CC/C=C\C/C=C\C/C=C\C/C=C\C/C=C\C/C=C\CCCOCC(COP(=O)(O)OCC[N+](C)(C)C)OC(=O)CCCCCCCCC/C=C\C/C=C\C/C=C\CC. The summed E-state index contributed by atoms with van der Waals surface area (Å²) in [6, 6.07) is 0. The molecule has 0 rings (SSSR count). The molecule has 0 amide bonds. The van der Waals surface area contributed by atoms with E-state index in [9.17, 15) is 14.3 Å². The number of nitrogens with zero attached hydrogens (tertiary/aromatic N) is 1. The van der Waals surface area contributed by atoms with E-state index in [4.69, 9.17) is 18.5 Å². The van der Waals surface area contributed by atoms with E-state index < -0.39 is 13.9 Å². The molecule has 0 aliphatic rings. The predicted octanol–water partition coefficient (Wildman–Crippen LogP) is 13.6. The van der Waals surface area contributed by atoms with Crippen LogP contribution in [-0.2, 0) is 27.9 Å². The molecule has 1 N–H and O–H groups in total. The van der Waals surface area contributed by atoms with Crippen molar-refractivity contribution in [2.75, 3.05) is 54.1 Å². The van der Waals surface area contributed by atoms with Crippen molar-refractivity contribution in [2.45, 2.75) is 148 Å². The van der Waals surface area contributed by atoms with Crippen LogP contribution in [-0.4, -0.2) is 75.6 Å². The van der Waals surface area contributed by atoms with Crippen molar-refractivity contribution in [2.24, 2.45) is 0 Å². The van der Waals surface area contributed by atoms with Crippen molar-refractivity contribution in [1.82, 2.24) is 0 Å². The van der Waals surface area contributed by atoms with Crippen molar-refractivity contribution in [3.05, 3.63) is 109 Å². The van der Waals surface area contributed by atoms with Crippen molar-refractivity contribution < 1.29 is 37.3 Å². The van der Waals surface area contributed by atoms with Crippen LogP contribution in [0.1, 0.15) is 142 Å². The molecule has 0 fully saturated rings. The van der Waals surface area contributed by atoms with Crippen LogP contribution in [0, 0.1) is 0 Å². The fourth-order valence-electron chi connectivity index (χ4n) is 5.41. The lowest BCUT2D eigenvalue weighted by atomic mass is 10.1. The standard InChI is InChI=1S/C50H84NO7P/c1-6-8-10-12-14-16-18-20-22-24-25-26-28-30-32-34-36-38-40-42-45-55-47-49(48-57-59(53,54)56-46-44-51(3,4)5)58-50(52)43-41-39-37-35-33-31-29-27-23-21-19-17-15-13-11-9-7-2/h8-11,14-17,20-23,25-26,30,32,36,38,49H,6-7,12-13,18-19,24,27-29,31,33-35,37,39-48H2,1-5H3/p+1/b10-8-,11-9-,16-14-,17-15-,22-20-,23-21-,26-25-,32-30-,38-36-. The van der Waals surface area contributed by atoms with Crippen molar-refractivity contribution in [3.8, 4) is 0 Å². The number of esters is 1. The quantitative estimate of drug-likeness (QED) is 0.0216. The van der Waals surface area contributed by atoms with Crippen LogP contribution in [0.15, 0.2) is 109 Å². The highest BCUT2D eigenvalue weighted by Gasteiger charge is 2.26. The zero-order chi connectivity index (χ0) is 43.4. The predicted molar refractivity (Wildman–Crippen MR) is 251 cm³/mol. The normalized spacial score (nSPS) is 14.7. The zero-order valence-electron chi connectivity index (χ0n) is 37.9. The Morgan fingerprint density at radius 2 is 0.932 bits per heavy atom. The fourth-order valence-corrected chi connectivity index (χ4v) is 6.15. The lowest BCUT2D eigenvalue weighted by Crippen LogP contribution is -2.37. The van der Waals surface area contributed by atoms with Crippen molar-refractivity contribution in [1.29, 1.82) is 0 Å². The summed E-state index contributed by atoms with van der Waals surface area (Å²) in [6.45, 7) is 5.19. The average molecular weight is 843 g/mol. The Balaban J connectivity index is 4.38. The molecule has 0 bridgehead atoms. The van der Waals surface area contributed by atoms with Gasteiger partial charge in [-0.15, -0.1) is 0 Å². The van der Waals surface area contributed by atoms with E-state index in [1.54, 1.807) is 0 Å². The van der Waals surface area contributed by atoms with Gasteiger partial charge in [0.1, 0.15) is 19.3 Å². The van der Waals surface area contributed by atoms with E-state index in [2.05, 4.69) is 123 Å². The maximum Gasteiger partial charge on any atom is 0.472 e. The number of unbranched alkanes of at least 4 members (excludes halogenated alkanes) is 8. The molecular formula is C50H85NO7P+. The molecule has 0 saturated carbocycles. The van der Waals surface area contributed by atoms with E-state index in [0.717, 1.165) is 103 Å². The third-order valence-electron chi connectivity index (χ3n) is 8.83. The van der Waals surface area contributed by atoms with Gasteiger partial charge in [0.2, 0.25) is 0 Å². The minimum absolute atomic E-state index is 0.0688. The van der Waals surface area contributed by atoms with Crippen LogP contribution in [0.4, 0.5) is 0 Å². The van der Waals surface area contributed by atoms with E-state index in [-0.39, 0.29) is 25.8 Å². The molecule has 0 aliphatic heterocycles. The van der Waals surface area contributed by atoms with Gasteiger partial charge in [-0.2, -0.15) is 0 Å². The van der Waals surface area contributed by atoms with Crippen LogP contribution in [0.5, 0.6) is 0 Å². The Bertz CT molecular complexity index is 1300. The number of hydrogen-bond donors (Lipinski definition) is 1. The third-order valence-corrected chi connectivity index (χ3v) is 9.81. The molecule has 0 heterocycles. The third kappa shape index (κ3) is 46.1. The Hall–Kier alpha value is -2.84. The summed E-state index contributed by atoms with van der Waals surface area (Å²) < 4.78 is 34.9. The summed E-state index contributed by atoms with van der Waals surface area (Å²) in [7, 11) is 1.60. The van der Waals surface area contributed by atoms with Gasteiger partial charge in [-0.3, -0.25) is 13.8 Å². The summed E-state index contributed by atoms with van der Waals surface area (Å²) in [5, 5.41) is 0. The average Bonchev–Trinajstić information content (AvgIpc) is 3.19. The topological polar surface area (TPSA) is 91.3 Å². The minimum Gasteiger partial charge on any atom is -0.457 e. The van der Waals surface area contributed by atoms with Gasteiger partial charge in [0.25, 0.3) is 0 Å². The molecule has 0 aromatic rings. The van der Waals surface area contributed by atoms with Gasteiger partial charge >= 0.3 is 13.8 Å². The van der Waals surface area contributed by atoms with E-state index in [1.165, 1.54) is 19.3 Å². The van der Waals surface area contributed by atoms with E-state index in [0.29, 0.717) is 24.1 Å². The molecule has 336 valence electrons. The summed E-state index contributed by atoms with van der Waals surface area (Å²) in [5.74, 6) is -0.349. The van der Waals surface area contributed by atoms with Crippen molar-refractivity contribution >= 4 is 13.8 Å². The number of carbonyl (C=O) groups is 1. The number of phosphoric acid groups is 1. The van der Waals surface area contributed by atoms with Crippen LogP contribution >= 0.6 is 7.82 Å². The Labute approximate surface area is 361 Å². The van der Waals surface area contributed by atoms with Gasteiger partial charge in [0.15, 0.2) is 0 Å². The van der Waals surface area contributed by atoms with Crippen LogP contribution in [0.2, 0.25) is 0 Å². The highest BCUT2D eigenvalue weighted by molar-refractivity contribution is 7.47. The summed E-state index contributed by atoms with van der Waals surface area (Å²) in [5.41, 5.74) is 0. The smallest absolute Gasteiger partial charge is 0.457 e. The Morgan fingerprint density at radius 3 is 1.39 bits per heavy atom. The number of allylic oxidation sites excluding steroid dienone is 18. The van der Waals surface area contributed by atoms with Gasteiger partial charge in [-0.1, -0.05) is 155 Å². The Morgan fingerprint density at radius 1 is 0.525 bits per heavy atom. The van der Waals surface area contributed by atoms with Crippen LogP contribution < -0.4 is 0 Å². The van der Waals surface area contributed by atoms with Gasteiger partial charge in [0.05, 0.1) is 34.4 Å². The molecule has 9 heteroatoms. The molecule has 2 atom stereocenters. The molecule has 0 aromatic carbocycles. The monoisotopic (exact) mass is 843 g/mol. The Kier molecular flexibility index (Phi) is 39.9. The van der Waals surface area contributed by atoms with Crippen LogP contribution in [0.3, 0.4) is 0 Å². The molecular weight excluding hydrogens is 758 g/mol. The second-order valence-electron chi connectivity index (χ2n) is 15.7. The molecule has 8 nitrogen and oxygen atoms in total. The first-order valence-electron chi connectivity index (χ1n) is 22.6. The number of likely N-dealkylation sites (N-methyl/N-ethyl adjacent to an activating group) is 1. The number of rotatable bonds is 40. The first-order chi connectivity index (χ1) is 28.6. The molecule has 2 unspecified atom stereocenters. The number of ether oxygens (including phenoxy) is 2. The summed E-state index contributed by atoms with van der Waals surface area (Å²) in [6.07, 6.45) is 58.5. The van der Waals surface area contributed by atoms with Gasteiger partial charge in [0, 0.05) is 13.0 Å². The van der Waals surface area contributed by atoms with Gasteiger partial charge in [-0.25, -0.2) is 4.57 Å². The molecule has 0 spiro atoms. The highest BCUT2D eigenvalue weighted by Crippen LogP contribution is 2.43. The van der Waals surface area contributed by atoms with Crippen LogP contribution in [0.25, 0.3) is 0 Å². The zero-order valence-corrected chi connectivity index (χ0v) is 38.8.